The van der Waals surface area contributed by atoms with Gasteiger partial charge in [-0.25, -0.2) is 4.79 Å². The summed E-state index contributed by atoms with van der Waals surface area (Å²) in [5.74, 6) is 0. The van der Waals surface area contributed by atoms with Crippen LogP contribution in [0.25, 0.3) is 10.9 Å². The summed E-state index contributed by atoms with van der Waals surface area (Å²) in [7, 11) is 0. The Balaban J connectivity index is 1.63. The number of benzene rings is 2. The number of alkyl carbamates (subject to hydrolysis) is 1. The van der Waals surface area contributed by atoms with Crippen molar-refractivity contribution in [2.75, 3.05) is 6.54 Å². The predicted molar refractivity (Wildman–Crippen MR) is 107 cm³/mol. The zero-order valence-corrected chi connectivity index (χ0v) is 15.6. The molecule has 3 aromatic rings. The van der Waals surface area contributed by atoms with Gasteiger partial charge >= 0.3 is 11.8 Å². The van der Waals surface area contributed by atoms with Crippen LogP contribution in [-0.2, 0) is 11.3 Å². The van der Waals surface area contributed by atoms with Crippen LogP contribution in [0.5, 0.6) is 0 Å². The number of aromatic nitrogens is 1. The van der Waals surface area contributed by atoms with Crippen molar-refractivity contribution in [2.45, 2.75) is 18.8 Å². The lowest BCUT2D eigenvalue weighted by Gasteiger charge is -2.19. The standard InChI is InChI=1S/C20H19N3O7/c24-17(10-22-20(27)30-11-12-4-2-1-3-5-12)18(25)13-6-7-15-14(8-13)19(26)16(9-21-15)23(28)29/h1-9,17-18,24-25H,10-11H2,(H,21,26)(H,22,27). The van der Waals surface area contributed by atoms with Gasteiger partial charge in [-0.3, -0.25) is 14.9 Å². The Morgan fingerprint density at radius 1 is 1.20 bits per heavy atom. The molecule has 0 saturated heterocycles. The molecule has 0 radical (unpaired) electrons. The van der Waals surface area contributed by atoms with Crippen LogP contribution < -0.4 is 10.7 Å². The van der Waals surface area contributed by atoms with Crippen LogP contribution in [0.2, 0.25) is 0 Å². The maximum Gasteiger partial charge on any atom is 0.407 e. The third-order valence-corrected chi connectivity index (χ3v) is 4.46. The molecule has 3 rings (SSSR count). The second kappa shape index (κ2) is 9.16. The number of nitro groups is 1. The van der Waals surface area contributed by atoms with E-state index in [0.29, 0.717) is 5.52 Å². The molecule has 2 aromatic carbocycles. The number of rotatable bonds is 7. The van der Waals surface area contributed by atoms with Crippen LogP contribution in [-0.4, -0.2) is 38.9 Å². The van der Waals surface area contributed by atoms with Gasteiger partial charge in [-0.1, -0.05) is 36.4 Å². The molecule has 10 nitrogen and oxygen atoms in total. The van der Waals surface area contributed by atoms with Gasteiger partial charge < -0.3 is 25.3 Å². The van der Waals surface area contributed by atoms with Gasteiger partial charge in [-0.05, 0) is 23.3 Å². The van der Waals surface area contributed by atoms with E-state index < -0.39 is 34.3 Å². The quantitative estimate of drug-likeness (QED) is 0.340. The number of fused-ring (bicyclic) bond motifs is 1. The Morgan fingerprint density at radius 3 is 2.63 bits per heavy atom. The third-order valence-electron chi connectivity index (χ3n) is 4.46. The van der Waals surface area contributed by atoms with E-state index in [1.165, 1.54) is 18.2 Å². The highest BCUT2D eigenvalue weighted by atomic mass is 16.6. The SMILES string of the molecule is O=C(NCC(O)C(O)c1ccc2[nH]cc([N+](=O)[O-])c(=O)c2c1)OCc1ccccc1. The average Bonchev–Trinajstić information content (AvgIpc) is 2.76. The number of carbonyl (C=O) groups is 1. The molecular weight excluding hydrogens is 394 g/mol. The number of aliphatic hydroxyl groups excluding tert-OH is 2. The fourth-order valence-corrected chi connectivity index (χ4v) is 2.84. The van der Waals surface area contributed by atoms with Crippen LogP contribution in [0.3, 0.4) is 0 Å². The number of nitrogens with one attached hydrogen (secondary N) is 2. The fraction of sp³-hybridized carbons (Fsp3) is 0.200. The normalized spacial score (nSPS) is 12.9. The summed E-state index contributed by atoms with van der Waals surface area (Å²) in [6, 6.07) is 13.2. The van der Waals surface area contributed by atoms with Crippen LogP contribution in [0.1, 0.15) is 17.2 Å². The van der Waals surface area contributed by atoms with Crippen molar-refractivity contribution in [2.24, 2.45) is 0 Å². The van der Waals surface area contributed by atoms with Gasteiger partial charge in [-0.2, -0.15) is 0 Å². The molecule has 0 fully saturated rings. The van der Waals surface area contributed by atoms with Gasteiger partial charge in [0.05, 0.1) is 16.5 Å². The molecule has 10 heteroatoms. The Bertz CT molecular complexity index is 1110. The lowest BCUT2D eigenvalue weighted by atomic mass is 10.0. The molecule has 0 bridgehead atoms. The van der Waals surface area contributed by atoms with E-state index in [0.717, 1.165) is 11.8 Å². The minimum atomic E-state index is -1.44. The topological polar surface area (TPSA) is 155 Å². The number of ether oxygens (including phenoxy) is 1. The minimum absolute atomic E-state index is 0.00294. The number of amides is 1. The van der Waals surface area contributed by atoms with Gasteiger partial charge in [0.1, 0.15) is 18.8 Å². The monoisotopic (exact) mass is 413 g/mol. The summed E-state index contributed by atoms with van der Waals surface area (Å²) >= 11 is 0. The van der Waals surface area contributed by atoms with Crippen molar-refractivity contribution in [3.8, 4) is 0 Å². The average molecular weight is 413 g/mol. The second-order valence-corrected chi connectivity index (χ2v) is 6.52. The molecule has 156 valence electrons. The number of H-pyrrole nitrogens is 1. The number of nitrogens with zero attached hydrogens (tertiary/aromatic N) is 1. The maximum absolute atomic E-state index is 12.2. The summed E-state index contributed by atoms with van der Waals surface area (Å²) in [4.78, 5) is 36.8. The van der Waals surface area contributed by atoms with Crippen LogP contribution in [0.4, 0.5) is 10.5 Å². The van der Waals surface area contributed by atoms with Gasteiger partial charge in [0.25, 0.3) is 5.43 Å². The molecule has 4 N–H and O–H groups in total. The van der Waals surface area contributed by atoms with Gasteiger partial charge in [0.15, 0.2) is 0 Å². The summed E-state index contributed by atoms with van der Waals surface area (Å²) < 4.78 is 5.02. The van der Waals surface area contributed by atoms with Crippen molar-refractivity contribution in [1.82, 2.24) is 10.3 Å². The van der Waals surface area contributed by atoms with E-state index in [1.54, 1.807) is 24.3 Å². The fourth-order valence-electron chi connectivity index (χ4n) is 2.84. The van der Waals surface area contributed by atoms with Gasteiger partial charge in [-0.15, -0.1) is 0 Å². The summed E-state index contributed by atoms with van der Waals surface area (Å²) in [6.07, 6.45) is -2.61. The van der Waals surface area contributed by atoms with E-state index in [-0.39, 0.29) is 24.1 Å². The minimum Gasteiger partial charge on any atom is -0.445 e. The third kappa shape index (κ3) is 4.80. The Morgan fingerprint density at radius 2 is 1.93 bits per heavy atom. The molecular formula is C20H19N3O7. The molecule has 30 heavy (non-hydrogen) atoms. The number of hydrogen-bond acceptors (Lipinski definition) is 7. The first-order valence-corrected chi connectivity index (χ1v) is 8.97. The number of carbonyl (C=O) groups excluding carboxylic acids is 1. The molecule has 0 aliphatic heterocycles. The summed E-state index contributed by atoms with van der Waals surface area (Å²) in [5, 5.41) is 33.8. The van der Waals surface area contributed by atoms with E-state index in [9.17, 15) is 29.9 Å². The highest BCUT2D eigenvalue weighted by molar-refractivity contribution is 5.81. The van der Waals surface area contributed by atoms with E-state index >= 15 is 0 Å². The van der Waals surface area contributed by atoms with Crippen molar-refractivity contribution in [1.29, 1.82) is 0 Å². The number of aromatic amines is 1. The Hall–Kier alpha value is -3.76. The Kier molecular flexibility index (Phi) is 6.40. The van der Waals surface area contributed by atoms with Gasteiger partial charge in [0, 0.05) is 12.1 Å². The van der Waals surface area contributed by atoms with Crippen molar-refractivity contribution in [3.63, 3.8) is 0 Å². The molecule has 1 amide bonds. The van der Waals surface area contributed by atoms with Crippen molar-refractivity contribution >= 4 is 22.7 Å². The van der Waals surface area contributed by atoms with Crippen molar-refractivity contribution in [3.05, 3.63) is 86.2 Å². The molecule has 0 aliphatic carbocycles. The lowest BCUT2D eigenvalue weighted by molar-refractivity contribution is -0.386. The molecule has 1 heterocycles. The van der Waals surface area contributed by atoms with Crippen molar-refractivity contribution < 1.29 is 24.7 Å². The number of hydrogen-bond donors (Lipinski definition) is 4. The van der Waals surface area contributed by atoms with Crippen LogP contribution >= 0.6 is 0 Å². The highest BCUT2D eigenvalue weighted by Gasteiger charge is 2.21. The molecule has 0 aliphatic rings. The lowest BCUT2D eigenvalue weighted by Crippen LogP contribution is -2.35. The molecule has 2 atom stereocenters. The predicted octanol–water partition coefficient (Wildman–Crippen LogP) is 1.76. The molecule has 1 aromatic heterocycles. The zero-order chi connectivity index (χ0) is 21.7. The first-order chi connectivity index (χ1) is 14.4. The first kappa shape index (κ1) is 21.0. The number of aliphatic hydroxyl groups is 2. The Labute approximate surface area is 169 Å². The number of pyridine rings is 1. The first-order valence-electron chi connectivity index (χ1n) is 8.97. The molecule has 0 saturated carbocycles. The zero-order valence-electron chi connectivity index (χ0n) is 15.6. The largest absolute Gasteiger partial charge is 0.445 e. The van der Waals surface area contributed by atoms with E-state index in [2.05, 4.69) is 10.3 Å². The second-order valence-electron chi connectivity index (χ2n) is 6.52. The molecule has 0 spiro atoms. The highest BCUT2D eigenvalue weighted by Crippen LogP contribution is 2.21. The summed E-state index contributed by atoms with van der Waals surface area (Å²) in [5.41, 5.74) is -0.125. The molecule has 2 unspecified atom stereocenters. The van der Waals surface area contributed by atoms with E-state index in [4.69, 9.17) is 4.74 Å². The van der Waals surface area contributed by atoms with Gasteiger partial charge in [0.2, 0.25) is 0 Å². The van der Waals surface area contributed by atoms with Crippen LogP contribution in [0, 0.1) is 10.1 Å². The van der Waals surface area contributed by atoms with E-state index in [1.807, 2.05) is 6.07 Å². The maximum atomic E-state index is 12.2. The summed E-state index contributed by atoms with van der Waals surface area (Å²) in [6.45, 7) is -0.254. The smallest absolute Gasteiger partial charge is 0.407 e. The van der Waals surface area contributed by atoms with Crippen LogP contribution in [0.15, 0.2) is 59.5 Å².